The van der Waals surface area contributed by atoms with Crippen molar-refractivity contribution in [1.82, 2.24) is 0 Å². The summed E-state index contributed by atoms with van der Waals surface area (Å²) in [6.07, 6.45) is 6.04. The number of benzene rings is 1. The summed E-state index contributed by atoms with van der Waals surface area (Å²) in [4.78, 5) is 0. The summed E-state index contributed by atoms with van der Waals surface area (Å²) >= 11 is 6.22. The molecule has 2 heteroatoms. The van der Waals surface area contributed by atoms with E-state index < -0.39 is 0 Å². The highest BCUT2D eigenvalue weighted by Gasteiger charge is 2.20. The molecule has 0 amide bonds. The minimum atomic E-state index is 0.355. The standard InChI is InChI=1S/C13H18ClN/c14-13-8-4-3-7-12(13)10-5-1-2-6-11(15)9-10/h3-4,7-8,10-11H,1-2,5-6,9,15H2. The fourth-order valence-corrected chi connectivity index (χ4v) is 2.78. The molecule has 1 fully saturated rings. The van der Waals surface area contributed by atoms with Crippen molar-refractivity contribution in [1.29, 1.82) is 0 Å². The summed E-state index contributed by atoms with van der Waals surface area (Å²) in [6, 6.07) is 8.53. The predicted octanol–water partition coefficient (Wildman–Crippen LogP) is 3.72. The highest BCUT2D eigenvalue weighted by molar-refractivity contribution is 6.31. The maximum absolute atomic E-state index is 6.22. The van der Waals surface area contributed by atoms with Gasteiger partial charge in [0, 0.05) is 11.1 Å². The van der Waals surface area contributed by atoms with Crippen LogP contribution in [0.25, 0.3) is 0 Å². The van der Waals surface area contributed by atoms with Crippen molar-refractivity contribution in [2.24, 2.45) is 5.73 Å². The number of hydrogen-bond acceptors (Lipinski definition) is 1. The maximum atomic E-state index is 6.22. The molecular formula is C13H18ClN. The Bertz CT molecular complexity index is 324. The summed E-state index contributed by atoms with van der Waals surface area (Å²) in [6.45, 7) is 0. The average Bonchev–Trinajstić information content (AvgIpc) is 2.43. The first-order valence-corrected chi connectivity index (χ1v) is 6.15. The molecule has 0 saturated heterocycles. The molecule has 2 unspecified atom stereocenters. The molecule has 0 aliphatic heterocycles. The summed E-state index contributed by atoms with van der Waals surface area (Å²) in [5.74, 6) is 0.566. The van der Waals surface area contributed by atoms with E-state index in [4.69, 9.17) is 17.3 Å². The van der Waals surface area contributed by atoms with Gasteiger partial charge in [-0.25, -0.2) is 0 Å². The molecule has 0 bridgehead atoms. The smallest absolute Gasteiger partial charge is 0.0440 e. The molecule has 1 aromatic rings. The van der Waals surface area contributed by atoms with E-state index in [1.807, 2.05) is 12.1 Å². The predicted molar refractivity (Wildman–Crippen MR) is 65.3 cm³/mol. The van der Waals surface area contributed by atoms with Crippen LogP contribution in [-0.2, 0) is 0 Å². The van der Waals surface area contributed by atoms with E-state index in [0.29, 0.717) is 12.0 Å². The monoisotopic (exact) mass is 223 g/mol. The lowest BCUT2D eigenvalue weighted by Crippen LogP contribution is -2.20. The third-order valence-corrected chi connectivity index (χ3v) is 3.65. The molecular weight excluding hydrogens is 206 g/mol. The topological polar surface area (TPSA) is 26.0 Å². The maximum Gasteiger partial charge on any atom is 0.0440 e. The molecule has 1 aliphatic carbocycles. The second-order valence-corrected chi connectivity index (χ2v) is 4.91. The Morgan fingerprint density at radius 3 is 2.67 bits per heavy atom. The quantitative estimate of drug-likeness (QED) is 0.722. The third-order valence-electron chi connectivity index (χ3n) is 3.31. The van der Waals surface area contributed by atoms with Gasteiger partial charge in [0.05, 0.1) is 0 Å². The lowest BCUT2D eigenvalue weighted by molar-refractivity contribution is 0.535. The van der Waals surface area contributed by atoms with Crippen LogP contribution in [0.5, 0.6) is 0 Å². The molecule has 2 atom stereocenters. The Morgan fingerprint density at radius 2 is 1.87 bits per heavy atom. The van der Waals surface area contributed by atoms with E-state index in [1.54, 1.807) is 0 Å². The van der Waals surface area contributed by atoms with Crippen LogP contribution in [0.2, 0.25) is 5.02 Å². The van der Waals surface area contributed by atoms with Crippen LogP contribution in [0.15, 0.2) is 24.3 Å². The molecule has 2 N–H and O–H groups in total. The SMILES string of the molecule is NC1CCCCC(c2ccccc2Cl)C1. The summed E-state index contributed by atoms with van der Waals surface area (Å²) < 4.78 is 0. The molecule has 0 heterocycles. The first kappa shape index (κ1) is 11.0. The zero-order valence-electron chi connectivity index (χ0n) is 8.95. The van der Waals surface area contributed by atoms with Crippen LogP contribution >= 0.6 is 11.6 Å². The second-order valence-electron chi connectivity index (χ2n) is 4.50. The lowest BCUT2D eigenvalue weighted by atomic mass is 9.90. The Morgan fingerprint density at radius 1 is 1.13 bits per heavy atom. The van der Waals surface area contributed by atoms with Gasteiger partial charge in [-0.15, -0.1) is 0 Å². The largest absolute Gasteiger partial charge is 0.328 e. The summed E-state index contributed by atoms with van der Waals surface area (Å²) in [5, 5.41) is 0.900. The van der Waals surface area contributed by atoms with Gasteiger partial charge in [-0.05, 0) is 36.8 Å². The normalized spacial score (nSPS) is 27.3. The Labute approximate surface area is 96.6 Å². The van der Waals surface area contributed by atoms with Crippen LogP contribution in [0.3, 0.4) is 0 Å². The zero-order valence-corrected chi connectivity index (χ0v) is 9.71. The molecule has 0 aromatic heterocycles. The van der Waals surface area contributed by atoms with Crippen LogP contribution in [0.1, 0.15) is 43.6 Å². The molecule has 0 radical (unpaired) electrons. The molecule has 0 spiro atoms. The molecule has 1 nitrogen and oxygen atoms in total. The number of rotatable bonds is 1. The number of nitrogens with two attached hydrogens (primary N) is 1. The molecule has 1 saturated carbocycles. The number of halogens is 1. The van der Waals surface area contributed by atoms with Gasteiger partial charge in [-0.1, -0.05) is 42.6 Å². The van der Waals surface area contributed by atoms with Gasteiger partial charge < -0.3 is 5.73 Å². The molecule has 2 rings (SSSR count). The Hall–Kier alpha value is -0.530. The summed E-state index contributed by atoms with van der Waals surface area (Å²) in [7, 11) is 0. The highest BCUT2D eigenvalue weighted by Crippen LogP contribution is 2.34. The fraction of sp³-hybridized carbons (Fsp3) is 0.538. The third kappa shape index (κ3) is 2.73. The van der Waals surface area contributed by atoms with E-state index in [9.17, 15) is 0 Å². The first-order valence-electron chi connectivity index (χ1n) is 5.77. The number of hydrogen-bond donors (Lipinski definition) is 1. The van der Waals surface area contributed by atoms with Crippen molar-refractivity contribution in [2.75, 3.05) is 0 Å². The second kappa shape index (κ2) is 5.00. The van der Waals surface area contributed by atoms with E-state index >= 15 is 0 Å². The Kier molecular flexibility index (Phi) is 3.66. The van der Waals surface area contributed by atoms with Crippen molar-refractivity contribution in [3.8, 4) is 0 Å². The molecule has 15 heavy (non-hydrogen) atoms. The van der Waals surface area contributed by atoms with Crippen molar-refractivity contribution < 1.29 is 0 Å². The van der Waals surface area contributed by atoms with E-state index in [-0.39, 0.29) is 0 Å². The van der Waals surface area contributed by atoms with Gasteiger partial charge in [0.15, 0.2) is 0 Å². The average molecular weight is 224 g/mol. The van der Waals surface area contributed by atoms with Crippen molar-refractivity contribution in [2.45, 2.75) is 44.1 Å². The van der Waals surface area contributed by atoms with E-state index in [0.717, 1.165) is 11.4 Å². The van der Waals surface area contributed by atoms with Gasteiger partial charge in [0.25, 0.3) is 0 Å². The molecule has 82 valence electrons. The van der Waals surface area contributed by atoms with Crippen LogP contribution in [0.4, 0.5) is 0 Å². The highest BCUT2D eigenvalue weighted by atomic mass is 35.5. The summed E-state index contributed by atoms with van der Waals surface area (Å²) in [5.41, 5.74) is 7.36. The Balaban J connectivity index is 2.18. The van der Waals surface area contributed by atoms with Crippen molar-refractivity contribution in [3.05, 3.63) is 34.9 Å². The molecule has 1 aromatic carbocycles. The van der Waals surface area contributed by atoms with Gasteiger partial charge in [-0.2, -0.15) is 0 Å². The van der Waals surface area contributed by atoms with Gasteiger partial charge in [0.1, 0.15) is 0 Å². The van der Waals surface area contributed by atoms with Crippen LogP contribution in [-0.4, -0.2) is 6.04 Å². The van der Waals surface area contributed by atoms with Crippen molar-refractivity contribution >= 4 is 11.6 Å². The van der Waals surface area contributed by atoms with E-state index in [1.165, 1.54) is 31.2 Å². The fourth-order valence-electron chi connectivity index (χ4n) is 2.49. The lowest BCUT2D eigenvalue weighted by Gasteiger charge is -2.18. The van der Waals surface area contributed by atoms with Crippen LogP contribution in [0, 0.1) is 0 Å². The zero-order chi connectivity index (χ0) is 10.7. The van der Waals surface area contributed by atoms with Gasteiger partial charge >= 0.3 is 0 Å². The van der Waals surface area contributed by atoms with E-state index in [2.05, 4.69) is 12.1 Å². The first-order chi connectivity index (χ1) is 7.27. The van der Waals surface area contributed by atoms with Gasteiger partial charge in [0.2, 0.25) is 0 Å². The van der Waals surface area contributed by atoms with Crippen molar-refractivity contribution in [3.63, 3.8) is 0 Å². The van der Waals surface area contributed by atoms with Gasteiger partial charge in [-0.3, -0.25) is 0 Å². The minimum Gasteiger partial charge on any atom is -0.328 e. The molecule has 1 aliphatic rings. The minimum absolute atomic E-state index is 0.355. The van der Waals surface area contributed by atoms with Crippen LogP contribution < -0.4 is 5.73 Å².